The molecule has 0 aliphatic carbocycles. The van der Waals surface area contributed by atoms with E-state index < -0.39 is 0 Å². The minimum Gasteiger partial charge on any atom is -0.463 e. The van der Waals surface area contributed by atoms with Gasteiger partial charge in [-0.25, -0.2) is 4.79 Å². The fraction of sp³-hybridized carbons (Fsp3) is 0.538. The summed E-state index contributed by atoms with van der Waals surface area (Å²) < 4.78 is 6.63. The first-order chi connectivity index (χ1) is 8.45. The normalized spacial score (nSPS) is 10.5. The zero-order valence-electron chi connectivity index (χ0n) is 11.5. The first-order valence-corrected chi connectivity index (χ1v) is 6.08. The van der Waals surface area contributed by atoms with Crippen molar-refractivity contribution in [3.63, 3.8) is 0 Å². The van der Waals surface area contributed by atoms with Crippen LogP contribution in [0.15, 0.2) is 18.3 Å². The maximum atomic E-state index is 11.4. The van der Waals surface area contributed by atoms with Crippen LogP contribution in [0.2, 0.25) is 0 Å². The lowest BCUT2D eigenvalue weighted by Gasteiger charge is -2.09. The molecule has 0 aromatic carbocycles. The quantitative estimate of drug-likeness (QED) is 0.621. The highest BCUT2D eigenvalue weighted by Crippen LogP contribution is 2.22. The Kier molecular flexibility index (Phi) is 4.95. The van der Waals surface area contributed by atoms with Gasteiger partial charge < -0.3 is 10.1 Å². The van der Waals surface area contributed by atoms with Crippen LogP contribution in [-0.2, 0) is 16.6 Å². The van der Waals surface area contributed by atoms with Crippen molar-refractivity contribution in [3.8, 4) is 0 Å². The van der Waals surface area contributed by atoms with Gasteiger partial charge in [0.25, 0.3) is 0 Å². The smallest absolute Gasteiger partial charge is 0.335 e. The van der Waals surface area contributed by atoms with Crippen LogP contribution in [0.3, 0.4) is 0 Å². The molecule has 1 aromatic heterocycles. The summed E-state index contributed by atoms with van der Waals surface area (Å²) in [5.74, 6) is -0.0375. The molecule has 1 rings (SSSR count). The molecule has 1 heterocycles. The number of carbonyl (C=O) groups is 1. The molecule has 0 spiro atoms. The summed E-state index contributed by atoms with van der Waals surface area (Å²) in [6.07, 6.45) is 1.90. The van der Waals surface area contributed by atoms with Crippen molar-refractivity contribution >= 4 is 11.7 Å². The number of aromatic nitrogens is 2. The van der Waals surface area contributed by atoms with Crippen molar-refractivity contribution in [1.82, 2.24) is 9.78 Å². The Morgan fingerprint density at radius 1 is 1.61 bits per heavy atom. The monoisotopic (exact) mass is 251 g/mol. The van der Waals surface area contributed by atoms with Crippen molar-refractivity contribution in [3.05, 3.63) is 24.0 Å². The fourth-order valence-corrected chi connectivity index (χ4v) is 1.58. The summed E-state index contributed by atoms with van der Waals surface area (Å²) in [7, 11) is 1.87. The van der Waals surface area contributed by atoms with Gasteiger partial charge in [-0.3, -0.25) is 4.68 Å². The minimum absolute atomic E-state index is 0.324. The van der Waals surface area contributed by atoms with E-state index in [1.54, 1.807) is 11.6 Å². The van der Waals surface area contributed by atoms with Crippen LogP contribution < -0.4 is 5.32 Å². The summed E-state index contributed by atoms with van der Waals surface area (Å²) in [6.45, 7) is 10.4. The lowest BCUT2D eigenvalue weighted by Crippen LogP contribution is -2.15. The van der Waals surface area contributed by atoms with Crippen LogP contribution in [0.25, 0.3) is 0 Å². The molecule has 0 aliphatic rings. The van der Waals surface area contributed by atoms with Crippen molar-refractivity contribution in [1.29, 1.82) is 0 Å². The van der Waals surface area contributed by atoms with Crippen molar-refractivity contribution < 1.29 is 9.53 Å². The Morgan fingerprint density at radius 2 is 2.28 bits per heavy atom. The number of rotatable bonds is 6. The van der Waals surface area contributed by atoms with Gasteiger partial charge in [-0.05, 0) is 12.8 Å². The number of aryl methyl sites for hydroxylation is 1. The predicted molar refractivity (Wildman–Crippen MR) is 71.6 cm³/mol. The Morgan fingerprint density at radius 3 is 2.83 bits per heavy atom. The Labute approximate surface area is 108 Å². The van der Waals surface area contributed by atoms with Gasteiger partial charge >= 0.3 is 5.97 Å². The number of anilines is 1. The minimum atomic E-state index is -0.361. The summed E-state index contributed by atoms with van der Waals surface area (Å²) in [5, 5.41) is 7.55. The maximum Gasteiger partial charge on any atom is 0.335 e. The van der Waals surface area contributed by atoms with E-state index in [0.717, 1.165) is 11.4 Å². The molecule has 0 radical (unpaired) electrons. The molecule has 0 bridgehead atoms. The summed E-state index contributed by atoms with van der Waals surface area (Å²) in [6, 6.07) is 0. The molecule has 0 amide bonds. The average molecular weight is 251 g/mol. The third kappa shape index (κ3) is 3.61. The molecule has 1 N–H and O–H groups in total. The van der Waals surface area contributed by atoms with Crippen molar-refractivity contribution in [2.45, 2.75) is 26.7 Å². The molecule has 18 heavy (non-hydrogen) atoms. The molecule has 0 saturated heterocycles. The number of nitrogens with one attached hydrogen (secondary N) is 1. The largest absolute Gasteiger partial charge is 0.463 e. The van der Waals surface area contributed by atoms with Gasteiger partial charge in [0.15, 0.2) is 0 Å². The second-order valence-corrected chi connectivity index (χ2v) is 4.43. The van der Waals surface area contributed by atoms with E-state index in [-0.39, 0.29) is 5.97 Å². The standard InChI is InChI=1S/C13H21N3O2/c1-6-18-13(17)10(4)7-14-11-8-16(5)15-12(11)9(2)3/h8-9,14H,4,6-7H2,1-3,5H3. The molecule has 0 fully saturated rings. The summed E-state index contributed by atoms with van der Waals surface area (Å²) >= 11 is 0. The number of nitrogens with zero attached hydrogens (tertiary/aromatic N) is 2. The van der Waals surface area contributed by atoms with Gasteiger partial charge in [-0.15, -0.1) is 0 Å². The van der Waals surface area contributed by atoms with Crippen LogP contribution in [0.4, 0.5) is 5.69 Å². The van der Waals surface area contributed by atoms with Gasteiger partial charge in [0.1, 0.15) is 0 Å². The SMILES string of the molecule is C=C(CNc1cn(C)nc1C(C)C)C(=O)OCC. The number of esters is 1. The number of hydrogen-bond donors (Lipinski definition) is 1. The van der Waals surface area contributed by atoms with Gasteiger partial charge in [-0.1, -0.05) is 20.4 Å². The van der Waals surface area contributed by atoms with E-state index in [1.807, 2.05) is 13.2 Å². The highest BCUT2D eigenvalue weighted by molar-refractivity contribution is 5.88. The molecule has 0 atom stereocenters. The fourth-order valence-electron chi connectivity index (χ4n) is 1.58. The third-order valence-corrected chi connectivity index (χ3v) is 2.46. The van der Waals surface area contributed by atoms with Crippen LogP contribution in [0, 0.1) is 0 Å². The molecule has 5 heteroatoms. The summed E-state index contributed by atoms with van der Waals surface area (Å²) in [5.41, 5.74) is 2.32. The number of hydrogen-bond acceptors (Lipinski definition) is 4. The van der Waals surface area contributed by atoms with Crippen molar-refractivity contribution in [2.75, 3.05) is 18.5 Å². The van der Waals surface area contributed by atoms with Crippen LogP contribution in [-0.4, -0.2) is 28.9 Å². The first kappa shape index (κ1) is 14.3. The Hall–Kier alpha value is -1.78. The highest BCUT2D eigenvalue weighted by atomic mass is 16.5. The molecule has 0 unspecified atom stereocenters. The number of ether oxygens (including phenoxy) is 1. The molecule has 100 valence electrons. The van der Waals surface area contributed by atoms with Crippen LogP contribution in [0.5, 0.6) is 0 Å². The van der Waals surface area contributed by atoms with Crippen LogP contribution >= 0.6 is 0 Å². The molecule has 0 aliphatic heterocycles. The zero-order valence-corrected chi connectivity index (χ0v) is 11.5. The van der Waals surface area contributed by atoms with Crippen LogP contribution in [0.1, 0.15) is 32.4 Å². The van der Waals surface area contributed by atoms with E-state index >= 15 is 0 Å². The average Bonchev–Trinajstić information content (AvgIpc) is 2.68. The third-order valence-electron chi connectivity index (χ3n) is 2.46. The second kappa shape index (κ2) is 6.23. The topological polar surface area (TPSA) is 56.2 Å². The lowest BCUT2D eigenvalue weighted by atomic mass is 10.1. The maximum absolute atomic E-state index is 11.4. The molecule has 1 aromatic rings. The molecule has 0 saturated carbocycles. The summed E-state index contributed by atoms with van der Waals surface area (Å²) in [4.78, 5) is 11.4. The second-order valence-electron chi connectivity index (χ2n) is 4.43. The Bertz CT molecular complexity index is 435. The van der Waals surface area contributed by atoms with Gasteiger partial charge in [-0.2, -0.15) is 5.10 Å². The predicted octanol–water partition coefficient (Wildman–Crippen LogP) is 2.07. The zero-order chi connectivity index (χ0) is 13.7. The number of carbonyl (C=O) groups excluding carboxylic acids is 1. The van der Waals surface area contributed by atoms with E-state index in [9.17, 15) is 4.79 Å². The van der Waals surface area contributed by atoms with Gasteiger partial charge in [0, 0.05) is 25.4 Å². The van der Waals surface area contributed by atoms with E-state index in [2.05, 4.69) is 30.8 Å². The molecular weight excluding hydrogens is 230 g/mol. The van der Waals surface area contributed by atoms with E-state index in [0.29, 0.717) is 24.6 Å². The van der Waals surface area contributed by atoms with E-state index in [4.69, 9.17) is 4.74 Å². The van der Waals surface area contributed by atoms with Crippen molar-refractivity contribution in [2.24, 2.45) is 7.05 Å². The van der Waals surface area contributed by atoms with Gasteiger partial charge in [0.05, 0.1) is 18.0 Å². The first-order valence-electron chi connectivity index (χ1n) is 6.08. The molecule has 5 nitrogen and oxygen atoms in total. The van der Waals surface area contributed by atoms with E-state index in [1.165, 1.54) is 0 Å². The lowest BCUT2D eigenvalue weighted by molar-refractivity contribution is -0.138. The van der Waals surface area contributed by atoms with Gasteiger partial charge in [0.2, 0.25) is 0 Å². The Balaban J connectivity index is 2.63. The molecular formula is C13H21N3O2. The highest BCUT2D eigenvalue weighted by Gasteiger charge is 2.13.